The van der Waals surface area contributed by atoms with Gasteiger partial charge in [-0.2, -0.15) is 0 Å². The molecule has 0 saturated heterocycles. The van der Waals surface area contributed by atoms with Gasteiger partial charge in [0.2, 0.25) is 0 Å². The Morgan fingerprint density at radius 3 is 2.09 bits per heavy atom. The molecule has 0 amide bonds. The highest BCUT2D eigenvalue weighted by molar-refractivity contribution is 5.96. The molecule has 0 spiro atoms. The van der Waals surface area contributed by atoms with Crippen molar-refractivity contribution in [3.8, 4) is 0 Å². The number of para-hydroxylation sites is 1. The molecule has 0 N–H and O–H groups in total. The molecular formula is C53H48N2. The fourth-order valence-corrected chi connectivity index (χ4v) is 11.0. The van der Waals surface area contributed by atoms with E-state index >= 15 is 0 Å². The second-order valence-corrected chi connectivity index (χ2v) is 18.1. The Morgan fingerprint density at radius 2 is 1.27 bits per heavy atom. The van der Waals surface area contributed by atoms with Crippen LogP contribution in [0.5, 0.6) is 0 Å². The number of fused-ring (bicyclic) bond motifs is 2. The maximum atomic E-state index is 2.76. The van der Waals surface area contributed by atoms with E-state index in [4.69, 9.17) is 0 Å². The molecule has 270 valence electrons. The van der Waals surface area contributed by atoms with Crippen LogP contribution < -0.4 is 9.80 Å². The van der Waals surface area contributed by atoms with Crippen LogP contribution in [0.2, 0.25) is 0 Å². The van der Waals surface area contributed by atoms with Gasteiger partial charge in [0.15, 0.2) is 0 Å². The van der Waals surface area contributed by atoms with Crippen molar-refractivity contribution in [1.82, 2.24) is 0 Å². The van der Waals surface area contributed by atoms with E-state index in [1.165, 1.54) is 89.3 Å². The highest BCUT2D eigenvalue weighted by Crippen LogP contribution is 2.67. The van der Waals surface area contributed by atoms with E-state index in [-0.39, 0.29) is 16.2 Å². The summed E-state index contributed by atoms with van der Waals surface area (Å²) in [5, 5.41) is 2.50. The Hall–Kier alpha value is -5.60. The minimum absolute atomic E-state index is 0.0437. The predicted molar refractivity (Wildman–Crippen MR) is 232 cm³/mol. The molecule has 6 aromatic carbocycles. The van der Waals surface area contributed by atoms with Crippen molar-refractivity contribution in [3.05, 3.63) is 190 Å². The lowest BCUT2D eigenvalue weighted by molar-refractivity contribution is 0.335. The summed E-state index contributed by atoms with van der Waals surface area (Å²) in [6.07, 6.45) is 10.7. The summed E-state index contributed by atoms with van der Waals surface area (Å²) in [7, 11) is 0. The van der Waals surface area contributed by atoms with Gasteiger partial charge in [-0.25, -0.2) is 0 Å². The van der Waals surface area contributed by atoms with Crippen LogP contribution in [0.15, 0.2) is 151 Å². The topological polar surface area (TPSA) is 6.48 Å². The first kappa shape index (κ1) is 32.8. The van der Waals surface area contributed by atoms with Crippen LogP contribution >= 0.6 is 0 Å². The van der Waals surface area contributed by atoms with E-state index in [9.17, 15) is 0 Å². The highest BCUT2D eigenvalue weighted by Gasteiger charge is 2.55. The molecule has 0 aromatic heterocycles. The average Bonchev–Trinajstić information content (AvgIpc) is 3.20. The third-order valence-corrected chi connectivity index (χ3v) is 14.1. The molecular weight excluding hydrogens is 665 g/mol. The number of hydrogen-bond acceptors (Lipinski definition) is 2. The van der Waals surface area contributed by atoms with Crippen molar-refractivity contribution in [2.45, 2.75) is 77.0 Å². The second kappa shape index (κ2) is 11.2. The standard InChI is InChI=1S/C53H48N2/c1-51(2)42-24-15-25-43-48(42)55-49-44(51)29-36(41-23-14-19-34-17-12-13-22-40(34)41)30-45(49)53(5,6)47-32-39(31-46(50(47)55)52(43,3)4)54(37-20-8-7-9-21-37)38-27-26-33-16-10-11-18-35(33)28-38/h7-13,15-18,20-23,25-32,42H,14,19,24H2,1-6H3. The molecule has 3 aliphatic heterocycles. The van der Waals surface area contributed by atoms with Crippen LogP contribution in [0.25, 0.3) is 16.3 Å². The Balaban J connectivity index is 1.21. The van der Waals surface area contributed by atoms with Gasteiger partial charge in [-0.15, -0.1) is 0 Å². The minimum atomic E-state index is -0.265. The Bertz CT molecular complexity index is 2720. The molecule has 3 heterocycles. The lowest BCUT2D eigenvalue weighted by Crippen LogP contribution is -2.50. The van der Waals surface area contributed by atoms with Crippen LogP contribution in [0.4, 0.5) is 28.4 Å². The van der Waals surface area contributed by atoms with Crippen LogP contribution in [0.3, 0.4) is 0 Å². The Morgan fingerprint density at radius 1 is 0.600 bits per heavy atom. The molecule has 1 atom stereocenters. The van der Waals surface area contributed by atoms with Crippen molar-refractivity contribution in [1.29, 1.82) is 0 Å². The van der Waals surface area contributed by atoms with Crippen LogP contribution in [-0.4, -0.2) is 0 Å². The highest BCUT2D eigenvalue weighted by atomic mass is 15.2. The van der Waals surface area contributed by atoms with Gasteiger partial charge in [-0.05, 0) is 129 Å². The number of anilines is 5. The maximum Gasteiger partial charge on any atom is 0.0542 e. The van der Waals surface area contributed by atoms with Gasteiger partial charge in [-0.3, -0.25) is 0 Å². The van der Waals surface area contributed by atoms with Gasteiger partial charge in [-0.1, -0.05) is 133 Å². The quantitative estimate of drug-likeness (QED) is 0.180. The van der Waals surface area contributed by atoms with Gasteiger partial charge in [0.1, 0.15) is 0 Å². The van der Waals surface area contributed by atoms with E-state index in [0.717, 1.165) is 24.9 Å². The van der Waals surface area contributed by atoms with Gasteiger partial charge < -0.3 is 9.80 Å². The third-order valence-electron chi connectivity index (χ3n) is 14.1. The van der Waals surface area contributed by atoms with E-state index in [2.05, 4.69) is 191 Å². The SMILES string of the molecule is CC1(C)C2=C3C(CC=C2)C(C)(C)c2cc(C4=CCCc5ccccc54)cc4c2N3c2c1cc(N(c1ccccc1)c1ccc3ccccc3c1)cc2C4(C)C. The lowest BCUT2D eigenvalue weighted by atomic mass is 9.56. The third kappa shape index (κ3) is 4.43. The summed E-state index contributed by atoms with van der Waals surface area (Å²) in [5.41, 5.74) is 20.2. The summed E-state index contributed by atoms with van der Waals surface area (Å²) in [5.74, 6) is 0.385. The molecule has 0 bridgehead atoms. The molecule has 6 aromatic rings. The summed E-state index contributed by atoms with van der Waals surface area (Å²) < 4.78 is 0. The molecule has 0 fully saturated rings. The number of nitrogens with zero attached hydrogens (tertiary/aromatic N) is 2. The molecule has 0 saturated carbocycles. The summed E-state index contributed by atoms with van der Waals surface area (Å²) in [4.78, 5) is 5.25. The predicted octanol–water partition coefficient (Wildman–Crippen LogP) is 13.9. The molecule has 2 nitrogen and oxygen atoms in total. The van der Waals surface area contributed by atoms with Crippen LogP contribution in [0.1, 0.15) is 93.3 Å². The molecule has 11 rings (SSSR count). The Labute approximate surface area is 326 Å². The number of allylic oxidation sites excluding steroid dienone is 5. The van der Waals surface area contributed by atoms with E-state index in [1.807, 2.05) is 0 Å². The molecule has 2 aliphatic carbocycles. The first-order valence-corrected chi connectivity index (χ1v) is 20.3. The molecule has 55 heavy (non-hydrogen) atoms. The van der Waals surface area contributed by atoms with Crippen LogP contribution in [-0.2, 0) is 22.7 Å². The average molecular weight is 713 g/mol. The smallest absolute Gasteiger partial charge is 0.0542 e. The maximum absolute atomic E-state index is 2.76. The fraction of sp³-hybridized carbons (Fsp3) is 0.245. The molecule has 0 radical (unpaired) electrons. The molecule has 1 unspecified atom stereocenters. The molecule has 5 aliphatic rings. The normalized spacial score (nSPS) is 20.1. The molecule has 2 heteroatoms. The zero-order chi connectivity index (χ0) is 37.4. The van der Waals surface area contributed by atoms with E-state index < -0.39 is 0 Å². The van der Waals surface area contributed by atoms with Crippen molar-refractivity contribution < 1.29 is 0 Å². The van der Waals surface area contributed by atoms with Gasteiger partial charge in [0.05, 0.1) is 11.4 Å². The van der Waals surface area contributed by atoms with Crippen molar-refractivity contribution in [3.63, 3.8) is 0 Å². The number of benzene rings is 6. The lowest BCUT2D eigenvalue weighted by Gasteiger charge is -2.59. The van der Waals surface area contributed by atoms with Crippen molar-refractivity contribution >= 4 is 44.8 Å². The van der Waals surface area contributed by atoms with Gasteiger partial charge in [0.25, 0.3) is 0 Å². The fourth-order valence-electron chi connectivity index (χ4n) is 11.0. The zero-order valence-corrected chi connectivity index (χ0v) is 32.9. The minimum Gasteiger partial charge on any atom is -0.312 e. The zero-order valence-electron chi connectivity index (χ0n) is 32.9. The van der Waals surface area contributed by atoms with E-state index in [1.54, 1.807) is 0 Å². The largest absolute Gasteiger partial charge is 0.312 e. The van der Waals surface area contributed by atoms with Crippen molar-refractivity contribution in [2.75, 3.05) is 9.80 Å². The summed E-state index contributed by atoms with van der Waals surface area (Å²) >= 11 is 0. The second-order valence-electron chi connectivity index (χ2n) is 18.1. The number of hydrogen-bond donors (Lipinski definition) is 0. The first-order chi connectivity index (χ1) is 26.5. The van der Waals surface area contributed by atoms with Crippen LogP contribution in [0, 0.1) is 5.92 Å². The number of rotatable bonds is 4. The van der Waals surface area contributed by atoms with Crippen molar-refractivity contribution in [2.24, 2.45) is 5.92 Å². The first-order valence-electron chi connectivity index (χ1n) is 20.3. The van der Waals surface area contributed by atoms with Gasteiger partial charge in [0, 0.05) is 44.9 Å². The monoisotopic (exact) mass is 712 g/mol. The number of aryl methyl sites for hydroxylation is 1. The Kier molecular flexibility index (Phi) is 6.70. The summed E-state index contributed by atoms with van der Waals surface area (Å²) in [6, 6.07) is 45.9. The summed E-state index contributed by atoms with van der Waals surface area (Å²) in [6.45, 7) is 15.0. The van der Waals surface area contributed by atoms with Gasteiger partial charge >= 0.3 is 0 Å². The van der Waals surface area contributed by atoms with E-state index in [0.29, 0.717) is 5.92 Å².